The minimum atomic E-state index is 0.319. The molecule has 2 atom stereocenters. The molecule has 1 aromatic heterocycles. The van der Waals surface area contributed by atoms with Crippen LogP contribution in [0.25, 0.3) is 0 Å². The van der Waals surface area contributed by atoms with Gasteiger partial charge in [-0.15, -0.1) is 0 Å². The van der Waals surface area contributed by atoms with Crippen molar-refractivity contribution in [2.45, 2.75) is 39.7 Å². The molecule has 1 rings (SSSR count). The highest BCUT2D eigenvalue weighted by atomic mass is 16.5. The van der Waals surface area contributed by atoms with Crippen molar-refractivity contribution in [1.29, 1.82) is 0 Å². The highest BCUT2D eigenvalue weighted by Crippen LogP contribution is 2.23. The van der Waals surface area contributed by atoms with Crippen molar-refractivity contribution in [3.8, 4) is 0 Å². The minimum absolute atomic E-state index is 0.319. The first-order valence-electron chi connectivity index (χ1n) is 6.84. The number of aryl methyl sites for hydroxylation is 1. The van der Waals surface area contributed by atoms with Crippen LogP contribution < -0.4 is 5.32 Å². The maximum absolute atomic E-state index is 5.18. The highest BCUT2D eigenvalue weighted by molar-refractivity contribution is 5.17. The molecule has 1 N–H and O–H groups in total. The summed E-state index contributed by atoms with van der Waals surface area (Å²) in [7, 11) is 1.76. The van der Waals surface area contributed by atoms with Crippen LogP contribution in [0.2, 0.25) is 0 Å². The van der Waals surface area contributed by atoms with E-state index in [1.807, 2.05) is 12.3 Å². The summed E-state index contributed by atoms with van der Waals surface area (Å²) >= 11 is 0. The van der Waals surface area contributed by atoms with E-state index >= 15 is 0 Å². The number of hydrogen-bond acceptors (Lipinski definition) is 3. The van der Waals surface area contributed by atoms with Crippen molar-refractivity contribution in [3.05, 3.63) is 29.6 Å². The summed E-state index contributed by atoms with van der Waals surface area (Å²) in [4.78, 5) is 4.52. The van der Waals surface area contributed by atoms with Crippen LogP contribution in [0.1, 0.15) is 44.0 Å². The minimum Gasteiger partial charge on any atom is -0.385 e. The fraction of sp³-hybridized carbons (Fsp3) is 0.667. The Hall–Kier alpha value is -0.930. The van der Waals surface area contributed by atoms with Gasteiger partial charge in [-0.25, -0.2) is 0 Å². The molecule has 0 radical (unpaired) electrons. The van der Waals surface area contributed by atoms with E-state index in [0.717, 1.165) is 31.7 Å². The van der Waals surface area contributed by atoms with Crippen LogP contribution in [0.15, 0.2) is 18.3 Å². The quantitative estimate of drug-likeness (QED) is 0.770. The molecule has 102 valence electrons. The lowest BCUT2D eigenvalue weighted by atomic mass is 9.94. The molecular formula is C15H26N2O. The van der Waals surface area contributed by atoms with Crippen molar-refractivity contribution in [3.63, 3.8) is 0 Å². The van der Waals surface area contributed by atoms with E-state index in [0.29, 0.717) is 12.0 Å². The smallest absolute Gasteiger partial charge is 0.0578 e. The summed E-state index contributed by atoms with van der Waals surface area (Å²) in [6.07, 6.45) is 4.08. The fourth-order valence-electron chi connectivity index (χ4n) is 2.10. The summed E-state index contributed by atoms with van der Waals surface area (Å²) in [5.74, 6) is 0.519. The number of pyridine rings is 1. The Labute approximate surface area is 111 Å². The van der Waals surface area contributed by atoms with E-state index in [-0.39, 0.29) is 0 Å². The van der Waals surface area contributed by atoms with Gasteiger partial charge in [0.2, 0.25) is 0 Å². The van der Waals surface area contributed by atoms with E-state index in [1.165, 1.54) is 5.56 Å². The largest absolute Gasteiger partial charge is 0.385 e. The zero-order chi connectivity index (χ0) is 13.4. The number of hydrogen-bond donors (Lipinski definition) is 1. The molecule has 3 nitrogen and oxygen atoms in total. The number of nitrogens with one attached hydrogen (secondary N) is 1. The summed E-state index contributed by atoms with van der Waals surface area (Å²) < 4.78 is 5.18. The second-order valence-electron chi connectivity index (χ2n) is 4.95. The SMILES string of the molecule is CCCNC(c1cc(C)ccn1)C(C)CCOC. The first-order valence-corrected chi connectivity index (χ1v) is 6.84. The van der Waals surface area contributed by atoms with Gasteiger partial charge < -0.3 is 10.1 Å². The summed E-state index contributed by atoms with van der Waals surface area (Å²) in [6, 6.07) is 4.54. The predicted octanol–water partition coefficient (Wildman–Crippen LogP) is 3.10. The van der Waals surface area contributed by atoms with Gasteiger partial charge >= 0.3 is 0 Å². The molecule has 0 fully saturated rings. The third-order valence-corrected chi connectivity index (χ3v) is 3.22. The Morgan fingerprint density at radius 1 is 1.44 bits per heavy atom. The van der Waals surface area contributed by atoms with Crippen LogP contribution in [0.3, 0.4) is 0 Å². The van der Waals surface area contributed by atoms with Crippen LogP contribution in [-0.4, -0.2) is 25.2 Å². The van der Waals surface area contributed by atoms with E-state index < -0.39 is 0 Å². The van der Waals surface area contributed by atoms with Gasteiger partial charge in [0, 0.05) is 19.9 Å². The fourth-order valence-corrected chi connectivity index (χ4v) is 2.10. The molecule has 1 heterocycles. The zero-order valence-corrected chi connectivity index (χ0v) is 12.1. The number of rotatable bonds is 8. The van der Waals surface area contributed by atoms with Crippen molar-refractivity contribution in [2.75, 3.05) is 20.3 Å². The highest BCUT2D eigenvalue weighted by Gasteiger charge is 2.19. The molecule has 2 unspecified atom stereocenters. The average molecular weight is 250 g/mol. The monoisotopic (exact) mass is 250 g/mol. The van der Waals surface area contributed by atoms with Gasteiger partial charge in [-0.05, 0) is 49.9 Å². The van der Waals surface area contributed by atoms with Crippen molar-refractivity contribution in [1.82, 2.24) is 10.3 Å². The van der Waals surface area contributed by atoms with Gasteiger partial charge in [0.05, 0.1) is 11.7 Å². The standard InChI is InChI=1S/C15H26N2O/c1-5-8-17-15(13(3)7-10-18-4)14-11-12(2)6-9-16-14/h6,9,11,13,15,17H,5,7-8,10H2,1-4H3. The first kappa shape index (κ1) is 15.1. The lowest BCUT2D eigenvalue weighted by molar-refractivity contribution is 0.169. The van der Waals surface area contributed by atoms with Crippen LogP contribution in [0, 0.1) is 12.8 Å². The molecule has 18 heavy (non-hydrogen) atoms. The maximum atomic E-state index is 5.18. The number of nitrogens with zero attached hydrogens (tertiary/aromatic N) is 1. The molecule has 0 aliphatic rings. The summed E-state index contributed by atoms with van der Waals surface area (Å²) in [6.45, 7) is 8.39. The Morgan fingerprint density at radius 2 is 2.22 bits per heavy atom. The molecule has 3 heteroatoms. The molecular weight excluding hydrogens is 224 g/mol. The van der Waals surface area contributed by atoms with Gasteiger partial charge in [0.25, 0.3) is 0 Å². The molecule has 1 aromatic rings. The van der Waals surface area contributed by atoms with E-state index in [4.69, 9.17) is 4.74 Å². The average Bonchev–Trinajstić information content (AvgIpc) is 2.37. The molecule has 0 aliphatic carbocycles. The molecule has 0 saturated heterocycles. The Bertz CT molecular complexity index is 341. The first-order chi connectivity index (χ1) is 8.69. The Kier molecular flexibility index (Phi) is 6.91. The molecule has 0 saturated carbocycles. The number of aromatic nitrogens is 1. The maximum Gasteiger partial charge on any atom is 0.0578 e. The molecule has 0 amide bonds. The molecule has 0 aromatic carbocycles. The topological polar surface area (TPSA) is 34.2 Å². The van der Waals surface area contributed by atoms with E-state index in [2.05, 4.69) is 37.1 Å². The van der Waals surface area contributed by atoms with Gasteiger partial charge in [0.1, 0.15) is 0 Å². The van der Waals surface area contributed by atoms with E-state index in [9.17, 15) is 0 Å². The summed E-state index contributed by atoms with van der Waals surface area (Å²) in [5, 5.41) is 3.60. The van der Waals surface area contributed by atoms with Crippen LogP contribution in [-0.2, 0) is 4.74 Å². The predicted molar refractivity (Wildman–Crippen MR) is 75.7 cm³/mol. The van der Waals surface area contributed by atoms with Crippen molar-refractivity contribution in [2.24, 2.45) is 5.92 Å². The van der Waals surface area contributed by atoms with Gasteiger partial charge in [-0.2, -0.15) is 0 Å². The second-order valence-corrected chi connectivity index (χ2v) is 4.95. The Morgan fingerprint density at radius 3 is 2.83 bits per heavy atom. The second kappa shape index (κ2) is 8.22. The van der Waals surface area contributed by atoms with Crippen molar-refractivity contribution >= 4 is 0 Å². The van der Waals surface area contributed by atoms with Crippen molar-refractivity contribution < 1.29 is 4.74 Å². The number of ether oxygens (including phenoxy) is 1. The van der Waals surface area contributed by atoms with Gasteiger partial charge in [-0.1, -0.05) is 13.8 Å². The van der Waals surface area contributed by atoms with Crippen LogP contribution >= 0.6 is 0 Å². The normalized spacial score (nSPS) is 14.4. The third-order valence-electron chi connectivity index (χ3n) is 3.22. The number of methoxy groups -OCH3 is 1. The lowest BCUT2D eigenvalue weighted by Gasteiger charge is -2.25. The van der Waals surface area contributed by atoms with E-state index in [1.54, 1.807) is 7.11 Å². The molecule has 0 aliphatic heterocycles. The molecule has 0 bridgehead atoms. The van der Waals surface area contributed by atoms with Gasteiger partial charge in [-0.3, -0.25) is 4.98 Å². The Balaban J connectivity index is 2.76. The summed E-state index contributed by atoms with van der Waals surface area (Å²) in [5.41, 5.74) is 2.41. The van der Waals surface area contributed by atoms with Crippen LogP contribution in [0.4, 0.5) is 0 Å². The molecule has 0 spiro atoms. The lowest BCUT2D eigenvalue weighted by Crippen LogP contribution is -2.29. The third kappa shape index (κ3) is 4.75. The van der Waals surface area contributed by atoms with Crippen LogP contribution in [0.5, 0.6) is 0 Å². The zero-order valence-electron chi connectivity index (χ0n) is 12.1. The van der Waals surface area contributed by atoms with Gasteiger partial charge in [0.15, 0.2) is 0 Å².